The minimum atomic E-state index is -1.08. The number of carboxylic acids is 1. The number of aliphatic carboxylic acids is 1. The molecule has 3 radical (unpaired) electrons. The predicted molar refractivity (Wildman–Crippen MR) is 426 cm³/mol. The van der Waals surface area contributed by atoms with Crippen molar-refractivity contribution in [2.45, 2.75) is 214 Å². The summed E-state index contributed by atoms with van der Waals surface area (Å²) in [7, 11) is 0. The summed E-state index contributed by atoms with van der Waals surface area (Å²) in [6.07, 6.45) is 20.4. The number of ketones is 2. The van der Waals surface area contributed by atoms with Crippen LogP contribution in [0.3, 0.4) is 0 Å². The summed E-state index contributed by atoms with van der Waals surface area (Å²) in [4.78, 5) is 55.3. The average Bonchev–Trinajstić information content (AvgIpc) is 1.32. The molecule has 2 aromatic heterocycles. The molecule has 2 fully saturated rings. The number of ether oxygens (including phenoxy) is 2. The number of carbonyl (C=O) groups excluding carboxylic acids is 4. The van der Waals surface area contributed by atoms with Crippen molar-refractivity contribution in [3.8, 4) is 33.8 Å². The molecule has 0 saturated carbocycles. The summed E-state index contributed by atoms with van der Waals surface area (Å²) in [6, 6.07) is 57.5. The number of carboxylic acid groups (broad SMARTS) is 1. The second-order valence-electron chi connectivity index (χ2n) is 21.0. The number of Topliss-reactive ketones (excluding diaryl/α,β-unsaturated/α-hetero) is 2. The minimum Gasteiger partial charge on any atom is -0.550 e. The maximum atomic E-state index is 12.3. The molecule has 0 amide bonds. The number of para-hydroxylation sites is 2. The molecule has 0 unspecified atom stereocenters. The van der Waals surface area contributed by atoms with E-state index >= 15 is 0 Å². The van der Waals surface area contributed by atoms with E-state index in [4.69, 9.17) is 19.4 Å². The summed E-state index contributed by atoms with van der Waals surface area (Å²) >= 11 is 0. The molecule has 2 saturated heterocycles. The molecule has 6 aromatic carbocycles. The van der Waals surface area contributed by atoms with E-state index in [-0.39, 0.29) is 43.8 Å². The van der Waals surface area contributed by atoms with Crippen LogP contribution in [0.5, 0.6) is 11.5 Å². The maximum absolute atomic E-state index is 12.3. The summed E-state index contributed by atoms with van der Waals surface area (Å²) < 4.78 is 12.4. The quantitative estimate of drug-likeness (QED) is 0.0430. The topological polar surface area (TPSA) is 151 Å². The first-order valence-corrected chi connectivity index (χ1v) is 37.3. The molecular formula is C88H127BN4NaO7. The van der Waals surface area contributed by atoms with Gasteiger partial charge in [-0.2, -0.15) is 0 Å². The number of rotatable bonds is 25. The van der Waals surface area contributed by atoms with Crippen molar-refractivity contribution in [1.82, 2.24) is 20.2 Å². The molecule has 11 nitrogen and oxygen atoms in total. The number of aldehydes is 1. The van der Waals surface area contributed by atoms with Crippen molar-refractivity contribution in [2.75, 3.05) is 39.4 Å². The molecule has 10 rings (SSSR count). The number of aryl methyl sites for hydroxylation is 4. The molecule has 101 heavy (non-hydrogen) atoms. The Morgan fingerprint density at radius 2 is 0.782 bits per heavy atom. The molecule has 545 valence electrons. The molecule has 2 aliphatic heterocycles. The van der Waals surface area contributed by atoms with Crippen molar-refractivity contribution < 1.29 is 63.3 Å². The SMILES string of the molecule is C1CCNC1.CC.CC.CC.CC.CC.CC.CC.CC.CC(=O)[O-].O=C(CCc1ccc(CCOc2ccccc2-c2cccc(CN3CCCC3)c2)cc1)CCc1cccnc1.O=Cc1cccc(-c2ccccc2OCCc2ccc(CCC(=O)CCc3cccnc3)cc2)c1.[B].[Na+]. The molecule has 4 heterocycles. The average molecular weight is 1390 g/mol. The van der Waals surface area contributed by atoms with Gasteiger partial charge in [0.2, 0.25) is 0 Å². The van der Waals surface area contributed by atoms with Crippen LogP contribution < -0.4 is 49.5 Å². The number of carbonyl (C=O) groups is 4. The first kappa shape index (κ1) is 100. The second kappa shape index (κ2) is 69.8. The molecule has 13 heteroatoms. The van der Waals surface area contributed by atoms with Crippen LogP contribution >= 0.6 is 0 Å². The number of likely N-dealkylation sites (tertiary alicyclic amines) is 1. The van der Waals surface area contributed by atoms with Crippen LogP contribution in [0.1, 0.15) is 218 Å². The Kier molecular flexibility index (Phi) is 69.1. The third-order valence-corrected chi connectivity index (χ3v) is 14.5. The van der Waals surface area contributed by atoms with Crippen LogP contribution in [0.25, 0.3) is 22.3 Å². The monoisotopic (exact) mass is 1390 g/mol. The second-order valence-corrected chi connectivity index (χ2v) is 21.0. The van der Waals surface area contributed by atoms with Crippen molar-refractivity contribution in [1.29, 1.82) is 0 Å². The zero-order valence-electron chi connectivity index (χ0n) is 65.7. The van der Waals surface area contributed by atoms with E-state index in [9.17, 15) is 14.4 Å². The first-order chi connectivity index (χ1) is 48.7. The van der Waals surface area contributed by atoms with Gasteiger partial charge in [0.15, 0.2) is 0 Å². The van der Waals surface area contributed by atoms with Gasteiger partial charge in [-0.15, -0.1) is 0 Å². The molecule has 8 aromatic rings. The summed E-state index contributed by atoms with van der Waals surface area (Å²) in [5.41, 5.74) is 13.3. The number of benzene rings is 6. The van der Waals surface area contributed by atoms with E-state index in [1.54, 1.807) is 18.5 Å². The molecule has 1 N–H and O–H groups in total. The van der Waals surface area contributed by atoms with Crippen molar-refractivity contribution >= 4 is 32.2 Å². The fraction of sp³-hybridized carbons (Fsp3) is 0.432. The largest absolute Gasteiger partial charge is 1.00 e. The molecule has 0 aliphatic carbocycles. The Balaban J connectivity index is -0.000000695. The van der Waals surface area contributed by atoms with Crippen molar-refractivity contribution in [2.24, 2.45) is 0 Å². The Morgan fingerprint density at radius 3 is 1.14 bits per heavy atom. The van der Waals surface area contributed by atoms with Gasteiger partial charge in [-0.05, 0) is 171 Å². The van der Waals surface area contributed by atoms with E-state index in [1.165, 1.54) is 85.2 Å². The van der Waals surface area contributed by atoms with Crippen molar-refractivity contribution in [3.63, 3.8) is 0 Å². The third-order valence-electron chi connectivity index (χ3n) is 14.5. The van der Waals surface area contributed by atoms with Gasteiger partial charge >= 0.3 is 29.6 Å². The number of nitrogens with zero attached hydrogens (tertiary/aromatic N) is 3. The fourth-order valence-corrected chi connectivity index (χ4v) is 9.88. The molecule has 0 bridgehead atoms. The van der Waals surface area contributed by atoms with E-state index in [2.05, 4.69) is 111 Å². The minimum absolute atomic E-state index is 0. The smallest absolute Gasteiger partial charge is 0.550 e. The van der Waals surface area contributed by atoms with Crippen LogP contribution in [0.4, 0.5) is 0 Å². The molecule has 0 spiro atoms. The standard InChI is InChI=1S/C35H38N2O2.C31H29NO3.C4H9N.C2H4O2.8C2H6.B.Na/c38-33(19-17-30-8-6-21-36-26-30)18-16-28-12-14-29(15-13-28)20-24-39-35-11-2-1-10-34(35)32-9-5-7-31(25-32)27-37-22-3-4-23-37;33-23-27-5-3-7-28(21-27)30-8-1-2-9-31(30)35-20-18-25-12-10-24(11-13-25)14-16-29(34)17-15-26-6-4-19-32-22-26;1-2-4-5-3-1;1-2(3)4;8*1-2;;/h1-2,5-15,21,25-26H,3-4,16-20,22-24,27H2;1-13,19,21-23H,14-18,20H2;5H,1-4H2;1H3,(H,3,4);8*1-2H3;;/q;;;;;;;;;;;;;+1/p-1. The van der Waals surface area contributed by atoms with Gasteiger partial charge in [-0.25, -0.2) is 0 Å². The number of nitrogens with one attached hydrogen (secondary N) is 1. The maximum Gasteiger partial charge on any atom is 1.00 e. The number of aromatic nitrogens is 2. The van der Waals surface area contributed by atoms with Crippen LogP contribution in [-0.4, -0.2) is 86.5 Å². The Morgan fingerprint density at radius 1 is 0.436 bits per heavy atom. The van der Waals surface area contributed by atoms with E-state index in [0.29, 0.717) is 50.2 Å². The Bertz CT molecular complexity index is 3200. The van der Waals surface area contributed by atoms with Gasteiger partial charge in [-0.3, -0.25) is 29.3 Å². The van der Waals surface area contributed by atoms with Crippen LogP contribution in [0.2, 0.25) is 0 Å². The van der Waals surface area contributed by atoms with Crippen molar-refractivity contribution in [3.05, 3.63) is 239 Å². The van der Waals surface area contributed by atoms with E-state index in [1.807, 2.05) is 196 Å². The normalized spacial score (nSPS) is 10.8. The van der Waals surface area contributed by atoms with Crippen LogP contribution in [0, 0.1) is 0 Å². The summed E-state index contributed by atoms with van der Waals surface area (Å²) in [5.74, 6) is 1.23. The Hall–Kier alpha value is -7.32. The fourth-order valence-electron chi connectivity index (χ4n) is 9.88. The van der Waals surface area contributed by atoms with E-state index < -0.39 is 5.97 Å². The van der Waals surface area contributed by atoms with Gasteiger partial charge in [0.25, 0.3) is 0 Å². The predicted octanol–water partition coefficient (Wildman–Crippen LogP) is 17.4. The zero-order valence-corrected chi connectivity index (χ0v) is 67.7. The first-order valence-electron chi connectivity index (χ1n) is 37.3. The zero-order chi connectivity index (χ0) is 74.1. The van der Waals surface area contributed by atoms with Crippen LogP contribution in [0.15, 0.2) is 195 Å². The summed E-state index contributed by atoms with van der Waals surface area (Å²) in [6.45, 7) is 40.1. The molecular weight excluding hydrogens is 1260 g/mol. The van der Waals surface area contributed by atoms with Gasteiger partial charge < -0.3 is 24.7 Å². The van der Waals surface area contributed by atoms with Gasteiger partial charge in [-0.1, -0.05) is 244 Å². The third kappa shape index (κ3) is 46.0. The molecule has 0 atom stereocenters. The van der Waals surface area contributed by atoms with E-state index in [0.717, 1.165) is 97.6 Å². The number of hydrogen-bond donors (Lipinski definition) is 1. The number of pyridine rings is 2. The van der Waals surface area contributed by atoms with Gasteiger partial charge in [0.1, 0.15) is 29.4 Å². The van der Waals surface area contributed by atoms with Gasteiger partial charge in [0.05, 0.1) is 13.2 Å². The summed E-state index contributed by atoms with van der Waals surface area (Å²) in [5, 5.41) is 12.1. The number of hydrogen-bond acceptors (Lipinski definition) is 11. The Labute approximate surface area is 637 Å². The van der Waals surface area contributed by atoms with Crippen LogP contribution in [-0.2, 0) is 59.5 Å². The van der Waals surface area contributed by atoms with Gasteiger partial charge in [0, 0.05) is 101 Å². The molecule has 2 aliphatic rings.